The van der Waals surface area contributed by atoms with Crippen LogP contribution < -0.4 is 5.32 Å². The van der Waals surface area contributed by atoms with Gasteiger partial charge in [0.2, 0.25) is 0 Å². The maximum absolute atomic E-state index is 3.66. The minimum absolute atomic E-state index is 0.588. The molecule has 1 aliphatic carbocycles. The van der Waals surface area contributed by atoms with Crippen LogP contribution >= 0.6 is 0 Å². The van der Waals surface area contributed by atoms with Gasteiger partial charge in [-0.15, -0.1) is 11.8 Å². The first-order chi connectivity index (χ1) is 6.73. The van der Waals surface area contributed by atoms with Crippen molar-refractivity contribution in [1.82, 2.24) is 5.32 Å². The lowest BCUT2D eigenvalue weighted by Crippen LogP contribution is -2.36. The Morgan fingerprint density at radius 2 is 2.14 bits per heavy atom. The summed E-state index contributed by atoms with van der Waals surface area (Å²) in [7, 11) is 0. The van der Waals surface area contributed by atoms with Gasteiger partial charge >= 0.3 is 0 Å². The van der Waals surface area contributed by atoms with Gasteiger partial charge in [-0.25, -0.2) is 0 Å². The highest BCUT2D eigenvalue weighted by Gasteiger charge is 2.43. The quantitative estimate of drug-likeness (QED) is 0.639. The van der Waals surface area contributed by atoms with E-state index in [0.717, 1.165) is 13.0 Å². The van der Waals surface area contributed by atoms with E-state index in [1.54, 1.807) is 0 Å². The Labute approximate surface area is 88.7 Å². The summed E-state index contributed by atoms with van der Waals surface area (Å²) in [5, 5.41) is 3.66. The first-order valence-corrected chi connectivity index (χ1v) is 5.86. The van der Waals surface area contributed by atoms with E-state index < -0.39 is 0 Å². The third-order valence-corrected chi connectivity index (χ3v) is 3.26. The Morgan fingerprint density at radius 1 is 1.43 bits per heavy atom. The van der Waals surface area contributed by atoms with Gasteiger partial charge in [0.1, 0.15) is 0 Å². The van der Waals surface area contributed by atoms with Gasteiger partial charge in [-0.1, -0.05) is 13.8 Å². The highest BCUT2D eigenvalue weighted by Crippen LogP contribution is 2.49. The molecule has 1 nitrogen and oxygen atoms in total. The fraction of sp³-hybridized carbons (Fsp3) is 0.846. The van der Waals surface area contributed by atoms with Crippen LogP contribution in [0.4, 0.5) is 0 Å². The Bertz CT molecular complexity index is 217. The zero-order valence-corrected chi connectivity index (χ0v) is 9.82. The third kappa shape index (κ3) is 3.35. The van der Waals surface area contributed by atoms with Gasteiger partial charge < -0.3 is 5.32 Å². The van der Waals surface area contributed by atoms with E-state index in [1.165, 1.54) is 25.7 Å². The lowest BCUT2D eigenvalue weighted by Gasteiger charge is -2.24. The smallest absolute Gasteiger partial charge is 0.0130 e. The van der Waals surface area contributed by atoms with Crippen molar-refractivity contribution in [3.8, 4) is 11.8 Å². The molecule has 0 amide bonds. The summed E-state index contributed by atoms with van der Waals surface area (Å²) < 4.78 is 0. The van der Waals surface area contributed by atoms with E-state index in [4.69, 9.17) is 0 Å². The van der Waals surface area contributed by atoms with Crippen LogP contribution in [0, 0.1) is 17.3 Å². The second kappa shape index (κ2) is 5.41. The molecule has 0 aromatic carbocycles. The number of rotatable bonds is 6. The van der Waals surface area contributed by atoms with E-state index in [-0.39, 0.29) is 0 Å². The number of hydrogen-bond acceptors (Lipinski definition) is 1. The third-order valence-electron chi connectivity index (χ3n) is 3.26. The molecule has 1 aliphatic rings. The Kier molecular flexibility index (Phi) is 4.48. The summed E-state index contributed by atoms with van der Waals surface area (Å²) in [6.45, 7) is 7.71. The predicted molar refractivity (Wildman–Crippen MR) is 62.1 cm³/mol. The van der Waals surface area contributed by atoms with Crippen molar-refractivity contribution in [2.45, 2.75) is 58.9 Å². The molecule has 0 spiro atoms. The van der Waals surface area contributed by atoms with E-state index >= 15 is 0 Å². The van der Waals surface area contributed by atoms with Crippen LogP contribution in [-0.2, 0) is 0 Å². The molecule has 0 saturated heterocycles. The standard InChI is InChI=1S/C13H23N/c1-4-6-7-8-12(14-11-5-2)13(3)9-10-13/h12,14H,5,7-11H2,1-3H3. The van der Waals surface area contributed by atoms with Gasteiger partial charge in [0.15, 0.2) is 0 Å². The average molecular weight is 193 g/mol. The molecule has 1 heteroatoms. The fourth-order valence-corrected chi connectivity index (χ4v) is 1.90. The molecule has 0 bridgehead atoms. The van der Waals surface area contributed by atoms with Crippen molar-refractivity contribution in [3.63, 3.8) is 0 Å². The Balaban J connectivity index is 2.31. The molecule has 1 N–H and O–H groups in total. The van der Waals surface area contributed by atoms with E-state index in [2.05, 4.69) is 31.0 Å². The zero-order chi connectivity index (χ0) is 10.4. The first kappa shape index (κ1) is 11.6. The van der Waals surface area contributed by atoms with Crippen LogP contribution in [-0.4, -0.2) is 12.6 Å². The molecule has 0 aliphatic heterocycles. The maximum Gasteiger partial charge on any atom is 0.0130 e. The van der Waals surface area contributed by atoms with Crippen LogP contribution in [0.15, 0.2) is 0 Å². The fourth-order valence-electron chi connectivity index (χ4n) is 1.90. The molecule has 1 rings (SSSR count). The molecule has 1 unspecified atom stereocenters. The van der Waals surface area contributed by atoms with Gasteiger partial charge in [-0.05, 0) is 44.6 Å². The first-order valence-electron chi connectivity index (χ1n) is 5.86. The molecule has 0 aromatic heterocycles. The molecule has 1 saturated carbocycles. The minimum atomic E-state index is 0.588. The molecule has 80 valence electrons. The molecule has 14 heavy (non-hydrogen) atoms. The van der Waals surface area contributed by atoms with Crippen LogP contribution in [0.5, 0.6) is 0 Å². The number of hydrogen-bond donors (Lipinski definition) is 1. The molecular formula is C13H23N. The summed E-state index contributed by atoms with van der Waals surface area (Å²) >= 11 is 0. The van der Waals surface area contributed by atoms with Crippen molar-refractivity contribution in [3.05, 3.63) is 0 Å². The Morgan fingerprint density at radius 3 is 2.64 bits per heavy atom. The van der Waals surface area contributed by atoms with Crippen molar-refractivity contribution in [2.75, 3.05) is 6.54 Å². The van der Waals surface area contributed by atoms with Crippen LogP contribution in [0.25, 0.3) is 0 Å². The summed E-state index contributed by atoms with van der Waals surface area (Å²) in [6, 6.07) is 0.698. The van der Waals surface area contributed by atoms with Crippen molar-refractivity contribution in [2.24, 2.45) is 5.41 Å². The van der Waals surface area contributed by atoms with Crippen LogP contribution in [0.1, 0.15) is 52.9 Å². The van der Waals surface area contributed by atoms with Gasteiger partial charge in [0.05, 0.1) is 0 Å². The molecule has 1 atom stereocenters. The molecular weight excluding hydrogens is 170 g/mol. The van der Waals surface area contributed by atoms with Crippen molar-refractivity contribution >= 4 is 0 Å². The molecule has 1 fully saturated rings. The van der Waals surface area contributed by atoms with Crippen LogP contribution in [0.2, 0.25) is 0 Å². The molecule has 0 radical (unpaired) electrons. The summed E-state index contributed by atoms with van der Waals surface area (Å²) in [5.74, 6) is 6.14. The molecule has 0 heterocycles. The van der Waals surface area contributed by atoms with Crippen molar-refractivity contribution in [1.29, 1.82) is 0 Å². The van der Waals surface area contributed by atoms with E-state index in [9.17, 15) is 0 Å². The predicted octanol–water partition coefficient (Wildman–Crippen LogP) is 2.96. The Hall–Kier alpha value is -0.480. The molecule has 0 aromatic rings. The second-order valence-corrected chi connectivity index (χ2v) is 4.63. The number of nitrogens with one attached hydrogen (secondary N) is 1. The topological polar surface area (TPSA) is 12.0 Å². The van der Waals surface area contributed by atoms with Crippen LogP contribution in [0.3, 0.4) is 0 Å². The lowest BCUT2D eigenvalue weighted by atomic mass is 9.94. The summed E-state index contributed by atoms with van der Waals surface area (Å²) in [5.41, 5.74) is 0.588. The van der Waals surface area contributed by atoms with E-state index in [0.29, 0.717) is 11.5 Å². The normalized spacial score (nSPS) is 19.6. The largest absolute Gasteiger partial charge is 0.313 e. The highest BCUT2D eigenvalue weighted by atomic mass is 14.9. The van der Waals surface area contributed by atoms with Crippen molar-refractivity contribution < 1.29 is 0 Å². The van der Waals surface area contributed by atoms with Gasteiger partial charge in [-0.3, -0.25) is 0 Å². The SMILES string of the molecule is CC#CCCC(NCCC)C1(C)CC1. The average Bonchev–Trinajstić information content (AvgIpc) is 2.91. The van der Waals surface area contributed by atoms with Gasteiger partial charge in [0.25, 0.3) is 0 Å². The van der Waals surface area contributed by atoms with E-state index in [1.807, 2.05) is 6.92 Å². The highest BCUT2D eigenvalue weighted by molar-refractivity contribution is 5.02. The lowest BCUT2D eigenvalue weighted by molar-refractivity contribution is 0.340. The van der Waals surface area contributed by atoms with Gasteiger partial charge in [0, 0.05) is 12.5 Å². The minimum Gasteiger partial charge on any atom is -0.313 e. The summed E-state index contributed by atoms with van der Waals surface area (Å²) in [4.78, 5) is 0. The maximum atomic E-state index is 3.66. The van der Waals surface area contributed by atoms with Gasteiger partial charge in [-0.2, -0.15) is 0 Å². The monoisotopic (exact) mass is 193 g/mol. The zero-order valence-electron chi connectivity index (χ0n) is 9.82. The summed E-state index contributed by atoms with van der Waals surface area (Å²) in [6.07, 6.45) is 6.29. The second-order valence-electron chi connectivity index (χ2n) is 4.63.